The molecule has 1 fully saturated rings. The number of hydrogen-bond acceptors (Lipinski definition) is 4. The summed E-state index contributed by atoms with van der Waals surface area (Å²) in [6.07, 6.45) is 8.14. The highest BCUT2D eigenvalue weighted by atomic mass is 35.5. The maximum Gasteiger partial charge on any atom is 0.224 e. The van der Waals surface area contributed by atoms with Crippen molar-refractivity contribution in [1.29, 1.82) is 0 Å². The lowest BCUT2D eigenvalue weighted by atomic mass is 9.83. The van der Waals surface area contributed by atoms with Crippen LogP contribution in [0.3, 0.4) is 0 Å². The number of rotatable bonds is 5. The van der Waals surface area contributed by atoms with Crippen LogP contribution in [0.1, 0.15) is 39.0 Å². The van der Waals surface area contributed by atoms with Crippen LogP contribution in [0.2, 0.25) is 5.02 Å². The van der Waals surface area contributed by atoms with Gasteiger partial charge in [-0.15, -0.1) is 0 Å². The number of hydrogen-bond donors (Lipinski definition) is 2. The SMILES string of the molecule is CCC1(CNc2nc(NC)ncc2Cl)CCCC1. The molecule has 0 unspecified atom stereocenters. The van der Waals surface area contributed by atoms with Gasteiger partial charge in [-0.2, -0.15) is 4.98 Å². The van der Waals surface area contributed by atoms with Gasteiger partial charge < -0.3 is 10.6 Å². The summed E-state index contributed by atoms with van der Waals surface area (Å²) in [6.45, 7) is 3.22. The second kappa shape index (κ2) is 5.74. The molecular weight excluding hydrogens is 248 g/mol. The first-order valence-electron chi connectivity index (χ1n) is 6.63. The van der Waals surface area contributed by atoms with E-state index in [2.05, 4.69) is 27.5 Å². The van der Waals surface area contributed by atoms with Crippen molar-refractivity contribution in [2.24, 2.45) is 5.41 Å². The summed E-state index contributed by atoms with van der Waals surface area (Å²) in [5, 5.41) is 6.91. The van der Waals surface area contributed by atoms with Crippen molar-refractivity contribution >= 4 is 23.4 Å². The first-order chi connectivity index (χ1) is 8.69. The Hall–Kier alpha value is -1.03. The fraction of sp³-hybridized carbons (Fsp3) is 0.692. The molecule has 0 spiro atoms. The van der Waals surface area contributed by atoms with Crippen molar-refractivity contribution in [3.8, 4) is 0 Å². The molecule has 1 aromatic rings. The Balaban J connectivity index is 2.05. The number of nitrogens with one attached hydrogen (secondary N) is 2. The Morgan fingerprint density at radius 3 is 2.72 bits per heavy atom. The van der Waals surface area contributed by atoms with Crippen molar-refractivity contribution in [1.82, 2.24) is 9.97 Å². The van der Waals surface area contributed by atoms with E-state index in [1.807, 2.05) is 0 Å². The van der Waals surface area contributed by atoms with Gasteiger partial charge in [0.25, 0.3) is 0 Å². The van der Waals surface area contributed by atoms with Crippen LogP contribution in [0, 0.1) is 5.41 Å². The van der Waals surface area contributed by atoms with E-state index >= 15 is 0 Å². The maximum atomic E-state index is 6.11. The second-order valence-electron chi connectivity index (χ2n) is 5.05. The smallest absolute Gasteiger partial charge is 0.224 e. The fourth-order valence-corrected chi connectivity index (χ4v) is 2.82. The average molecular weight is 269 g/mol. The predicted molar refractivity (Wildman–Crippen MR) is 76.3 cm³/mol. The monoisotopic (exact) mass is 268 g/mol. The molecule has 1 saturated carbocycles. The zero-order chi connectivity index (χ0) is 13.0. The van der Waals surface area contributed by atoms with Crippen LogP contribution in [0.5, 0.6) is 0 Å². The molecule has 1 aliphatic carbocycles. The quantitative estimate of drug-likeness (QED) is 0.857. The largest absolute Gasteiger partial charge is 0.368 e. The summed E-state index contributed by atoms with van der Waals surface area (Å²) in [6, 6.07) is 0. The minimum absolute atomic E-state index is 0.425. The molecule has 4 nitrogen and oxygen atoms in total. The van der Waals surface area contributed by atoms with Gasteiger partial charge in [-0.25, -0.2) is 4.98 Å². The van der Waals surface area contributed by atoms with Crippen LogP contribution in [0.4, 0.5) is 11.8 Å². The summed E-state index contributed by atoms with van der Waals surface area (Å²) in [4.78, 5) is 8.43. The van der Waals surface area contributed by atoms with Gasteiger partial charge >= 0.3 is 0 Å². The maximum absolute atomic E-state index is 6.11. The molecule has 100 valence electrons. The Kier molecular flexibility index (Phi) is 4.27. The lowest BCUT2D eigenvalue weighted by molar-refractivity contribution is 0.306. The minimum atomic E-state index is 0.425. The van der Waals surface area contributed by atoms with E-state index in [1.54, 1.807) is 13.2 Å². The third-order valence-electron chi connectivity index (χ3n) is 4.01. The topological polar surface area (TPSA) is 49.8 Å². The summed E-state index contributed by atoms with van der Waals surface area (Å²) in [5.74, 6) is 1.33. The summed E-state index contributed by atoms with van der Waals surface area (Å²) >= 11 is 6.11. The van der Waals surface area contributed by atoms with Crippen molar-refractivity contribution < 1.29 is 0 Å². The van der Waals surface area contributed by atoms with Gasteiger partial charge in [0.1, 0.15) is 5.02 Å². The van der Waals surface area contributed by atoms with Crippen LogP contribution >= 0.6 is 11.6 Å². The third kappa shape index (κ3) is 2.86. The lowest BCUT2D eigenvalue weighted by Crippen LogP contribution is -2.26. The van der Waals surface area contributed by atoms with Crippen LogP contribution in [-0.2, 0) is 0 Å². The molecule has 0 radical (unpaired) electrons. The van der Waals surface area contributed by atoms with Gasteiger partial charge in [0, 0.05) is 13.6 Å². The van der Waals surface area contributed by atoms with Crippen LogP contribution < -0.4 is 10.6 Å². The summed E-state index contributed by atoms with van der Waals surface area (Å²) in [7, 11) is 1.80. The van der Waals surface area contributed by atoms with Gasteiger partial charge in [-0.05, 0) is 24.7 Å². The highest BCUT2D eigenvalue weighted by molar-refractivity contribution is 6.32. The molecule has 0 saturated heterocycles. The Labute approximate surface area is 114 Å². The van der Waals surface area contributed by atoms with Gasteiger partial charge in [0.05, 0.1) is 6.20 Å². The van der Waals surface area contributed by atoms with E-state index in [4.69, 9.17) is 11.6 Å². The Morgan fingerprint density at radius 1 is 1.39 bits per heavy atom. The van der Waals surface area contributed by atoms with Crippen molar-refractivity contribution in [3.63, 3.8) is 0 Å². The molecular formula is C13H21ClN4. The minimum Gasteiger partial charge on any atom is -0.368 e. The zero-order valence-corrected chi connectivity index (χ0v) is 11.8. The molecule has 5 heteroatoms. The number of halogens is 1. The molecule has 0 bridgehead atoms. The summed E-state index contributed by atoms with van der Waals surface area (Å²) in [5.41, 5.74) is 0.425. The number of aromatic nitrogens is 2. The van der Waals surface area contributed by atoms with Crippen LogP contribution in [0.25, 0.3) is 0 Å². The molecule has 1 aliphatic rings. The lowest BCUT2D eigenvalue weighted by Gasteiger charge is -2.28. The van der Waals surface area contributed by atoms with E-state index in [0.717, 1.165) is 12.4 Å². The van der Waals surface area contributed by atoms with E-state index in [0.29, 0.717) is 16.4 Å². The summed E-state index contributed by atoms with van der Waals surface area (Å²) < 4.78 is 0. The molecule has 2 N–H and O–H groups in total. The van der Waals surface area contributed by atoms with Crippen LogP contribution in [-0.4, -0.2) is 23.6 Å². The normalized spacial score (nSPS) is 17.7. The number of anilines is 2. The van der Waals surface area contributed by atoms with Crippen LogP contribution in [0.15, 0.2) is 6.20 Å². The molecule has 18 heavy (non-hydrogen) atoms. The van der Waals surface area contributed by atoms with E-state index in [9.17, 15) is 0 Å². The highest BCUT2D eigenvalue weighted by Crippen LogP contribution is 2.41. The molecule has 0 aromatic carbocycles. The Morgan fingerprint density at radius 2 is 2.11 bits per heavy atom. The van der Waals surface area contributed by atoms with Gasteiger partial charge in [0.15, 0.2) is 5.82 Å². The van der Waals surface area contributed by atoms with E-state index in [1.165, 1.54) is 32.1 Å². The molecule has 0 amide bonds. The first-order valence-corrected chi connectivity index (χ1v) is 7.01. The second-order valence-corrected chi connectivity index (χ2v) is 5.46. The third-order valence-corrected chi connectivity index (χ3v) is 4.29. The van der Waals surface area contributed by atoms with Gasteiger partial charge in [0.2, 0.25) is 5.95 Å². The number of nitrogens with zero attached hydrogens (tertiary/aromatic N) is 2. The van der Waals surface area contributed by atoms with Gasteiger partial charge in [-0.3, -0.25) is 0 Å². The van der Waals surface area contributed by atoms with Gasteiger partial charge in [-0.1, -0.05) is 31.4 Å². The van der Waals surface area contributed by atoms with E-state index in [-0.39, 0.29) is 0 Å². The molecule has 2 rings (SSSR count). The molecule has 1 aromatic heterocycles. The first kappa shape index (κ1) is 13.4. The predicted octanol–water partition coefficient (Wildman–Crippen LogP) is 3.55. The average Bonchev–Trinajstić information content (AvgIpc) is 2.87. The molecule has 1 heterocycles. The molecule has 0 atom stereocenters. The fourth-order valence-electron chi connectivity index (χ4n) is 2.66. The van der Waals surface area contributed by atoms with Crippen molar-refractivity contribution in [2.75, 3.05) is 24.2 Å². The van der Waals surface area contributed by atoms with Crippen molar-refractivity contribution in [2.45, 2.75) is 39.0 Å². The Bertz CT molecular complexity index is 402. The standard InChI is InChI=1S/C13H21ClN4/c1-3-13(6-4-5-7-13)9-17-11-10(14)8-16-12(15-2)18-11/h8H,3-7,9H2,1-2H3,(H2,15,16,17,18). The highest BCUT2D eigenvalue weighted by Gasteiger charge is 2.31. The zero-order valence-electron chi connectivity index (χ0n) is 11.1. The van der Waals surface area contributed by atoms with E-state index < -0.39 is 0 Å². The van der Waals surface area contributed by atoms with Crippen molar-refractivity contribution in [3.05, 3.63) is 11.2 Å². The molecule has 0 aliphatic heterocycles.